The number of halogens is 1. The van der Waals surface area contributed by atoms with E-state index in [0.717, 1.165) is 18.6 Å². The highest BCUT2D eigenvalue weighted by Gasteiger charge is 2.10. The third-order valence-electron chi connectivity index (χ3n) is 2.68. The summed E-state index contributed by atoms with van der Waals surface area (Å²) in [4.78, 5) is 11.9. The van der Waals surface area contributed by atoms with Crippen LogP contribution in [0.15, 0.2) is 45.5 Å². The van der Waals surface area contributed by atoms with Crippen LogP contribution in [0.4, 0.5) is 5.69 Å². The van der Waals surface area contributed by atoms with E-state index >= 15 is 0 Å². The molecule has 5 heteroatoms. The molecule has 2 aromatic rings. The molecular weight excluding hydrogens is 322 g/mol. The lowest BCUT2D eigenvalue weighted by atomic mass is 10.3. The van der Waals surface area contributed by atoms with Crippen molar-refractivity contribution in [3.8, 4) is 5.75 Å². The minimum Gasteiger partial charge on any atom is -0.494 e. The standard InChI is InChI=1S/C15H16BrNO3/c1-2-3-10-19-12-6-4-11(5-7-12)17-15(18)13-8-9-14(16)20-13/h4-9H,2-3,10H2,1H3,(H,17,18). The van der Waals surface area contributed by atoms with Gasteiger partial charge in [-0.25, -0.2) is 0 Å². The predicted octanol–water partition coefficient (Wildman–Crippen LogP) is 4.47. The van der Waals surface area contributed by atoms with E-state index in [9.17, 15) is 4.79 Å². The number of rotatable bonds is 6. The van der Waals surface area contributed by atoms with Crippen molar-refractivity contribution in [3.63, 3.8) is 0 Å². The van der Waals surface area contributed by atoms with Crippen LogP contribution in [0.5, 0.6) is 5.75 Å². The van der Waals surface area contributed by atoms with Gasteiger partial charge in [0.05, 0.1) is 6.61 Å². The smallest absolute Gasteiger partial charge is 0.291 e. The molecule has 0 bridgehead atoms. The first-order valence-electron chi connectivity index (χ1n) is 6.48. The number of hydrogen-bond acceptors (Lipinski definition) is 3. The second kappa shape index (κ2) is 7.14. The van der Waals surface area contributed by atoms with E-state index in [1.807, 2.05) is 12.1 Å². The average molecular weight is 338 g/mol. The van der Waals surface area contributed by atoms with Crippen LogP contribution >= 0.6 is 15.9 Å². The van der Waals surface area contributed by atoms with Crippen molar-refractivity contribution in [1.29, 1.82) is 0 Å². The number of nitrogens with one attached hydrogen (secondary N) is 1. The Kier molecular flexibility index (Phi) is 5.24. The Balaban J connectivity index is 1.91. The van der Waals surface area contributed by atoms with E-state index in [-0.39, 0.29) is 11.7 Å². The lowest BCUT2D eigenvalue weighted by molar-refractivity contribution is 0.0995. The van der Waals surface area contributed by atoms with Crippen molar-refractivity contribution >= 4 is 27.5 Å². The van der Waals surface area contributed by atoms with Gasteiger partial charge in [-0.15, -0.1) is 0 Å². The van der Waals surface area contributed by atoms with E-state index in [1.54, 1.807) is 24.3 Å². The van der Waals surface area contributed by atoms with E-state index < -0.39 is 0 Å². The number of anilines is 1. The molecule has 0 unspecified atom stereocenters. The minimum atomic E-state index is -0.282. The Hall–Kier alpha value is -1.75. The fourth-order valence-electron chi connectivity index (χ4n) is 1.60. The molecule has 2 rings (SSSR count). The van der Waals surface area contributed by atoms with Crippen LogP contribution in [0.25, 0.3) is 0 Å². The summed E-state index contributed by atoms with van der Waals surface area (Å²) in [5, 5.41) is 2.76. The number of benzene rings is 1. The van der Waals surface area contributed by atoms with Crippen molar-refractivity contribution in [2.24, 2.45) is 0 Å². The van der Waals surface area contributed by atoms with Gasteiger partial charge in [-0.1, -0.05) is 13.3 Å². The van der Waals surface area contributed by atoms with E-state index in [0.29, 0.717) is 17.0 Å². The van der Waals surface area contributed by atoms with Gasteiger partial charge < -0.3 is 14.5 Å². The zero-order valence-corrected chi connectivity index (χ0v) is 12.8. The monoisotopic (exact) mass is 337 g/mol. The maximum Gasteiger partial charge on any atom is 0.291 e. The summed E-state index contributed by atoms with van der Waals surface area (Å²) in [5.41, 5.74) is 0.699. The van der Waals surface area contributed by atoms with E-state index in [4.69, 9.17) is 9.15 Å². The van der Waals surface area contributed by atoms with Crippen molar-refractivity contribution in [3.05, 3.63) is 46.8 Å². The molecule has 0 spiro atoms. The summed E-state index contributed by atoms with van der Waals surface area (Å²) in [6.07, 6.45) is 2.14. The molecule has 0 aliphatic heterocycles. The van der Waals surface area contributed by atoms with Crippen LogP contribution in [0.3, 0.4) is 0 Å². The molecule has 0 fully saturated rings. The highest BCUT2D eigenvalue weighted by Crippen LogP contribution is 2.18. The molecule has 20 heavy (non-hydrogen) atoms. The maximum atomic E-state index is 11.9. The summed E-state index contributed by atoms with van der Waals surface area (Å²) in [6, 6.07) is 10.6. The lowest BCUT2D eigenvalue weighted by Crippen LogP contribution is -2.10. The molecular formula is C15H16BrNO3. The first kappa shape index (κ1) is 14.7. The van der Waals surface area contributed by atoms with Crippen LogP contribution < -0.4 is 10.1 Å². The summed E-state index contributed by atoms with van der Waals surface area (Å²) in [5.74, 6) is 0.785. The van der Waals surface area contributed by atoms with Gasteiger partial charge in [-0.2, -0.15) is 0 Å². The minimum absolute atomic E-state index is 0.264. The normalized spacial score (nSPS) is 10.3. The van der Waals surface area contributed by atoms with Crippen molar-refractivity contribution in [1.82, 2.24) is 0 Å². The molecule has 1 amide bonds. The van der Waals surface area contributed by atoms with Gasteiger partial charge in [0.2, 0.25) is 0 Å². The highest BCUT2D eigenvalue weighted by molar-refractivity contribution is 9.10. The fourth-order valence-corrected chi connectivity index (χ4v) is 1.90. The Morgan fingerprint density at radius 1 is 1.25 bits per heavy atom. The zero-order chi connectivity index (χ0) is 14.4. The number of ether oxygens (including phenoxy) is 1. The second-order valence-electron chi connectivity index (χ2n) is 4.28. The van der Waals surface area contributed by atoms with Crippen LogP contribution in [-0.4, -0.2) is 12.5 Å². The first-order chi connectivity index (χ1) is 9.69. The fraction of sp³-hybridized carbons (Fsp3) is 0.267. The number of hydrogen-bond donors (Lipinski definition) is 1. The Labute approximate surface area is 126 Å². The summed E-state index contributed by atoms with van der Waals surface area (Å²) in [6.45, 7) is 2.83. The zero-order valence-electron chi connectivity index (χ0n) is 11.2. The number of carbonyl (C=O) groups excluding carboxylic acids is 1. The second-order valence-corrected chi connectivity index (χ2v) is 5.07. The number of carbonyl (C=O) groups is 1. The van der Waals surface area contributed by atoms with Gasteiger partial charge in [0, 0.05) is 5.69 Å². The lowest BCUT2D eigenvalue weighted by Gasteiger charge is -2.07. The number of furan rings is 1. The highest BCUT2D eigenvalue weighted by atomic mass is 79.9. The molecule has 0 radical (unpaired) electrons. The summed E-state index contributed by atoms with van der Waals surface area (Å²) >= 11 is 3.16. The molecule has 106 valence electrons. The van der Waals surface area contributed by atoms with E-state index in [2.05, 4.69) is 28.2 Å². The molecule has 0 aliphatic carbocycles. The Morgan fingerprint density at radius 2 is 2.00 bits per heavy atom. The topological polar surface area (TPSA) is 51.5 Å². The molecule has 0 saturated carbocycles. The van der Waals surface area contributed by atoms with Crippen LogP contribution in [0, 0.1) is 0 Å². The maximum absolute atomic E-state index is 11.9. The quantitative estimate of drug-likeness (QED) is 0.791. The van der Waals surface area contributed by atoms with Gasteiger partial charge in [-0.3, -0.25) is 4.79 Å². The molecule has 4 nitrogen and oxygen atoms in total. The number of amides is 1. The molecule has 1 aromatic carbocycles. The number of unbranched alkanes of at least 4 members (excludes halogenated alkanes) is 1. The predicted molar refractivity (Wildman–Crippen MR) is 81.2 cm³/mol. The molecule has 1 N–H and O–H groups in total. The average Bonchev–Trinajstić information content (AvgIpc) is 2.88. The third kappa shape index (κ3) is 4.13. The van der Waals surface area contributed by atoms with Crippen molar-refractivity contribution in [2.45, 2.75) is 19.8 Å². The van der Waals surface area contributed by atoms with Gasteiger partial charge in [0.15, 0.2) is 10.4 Å². The summed E-state index contributed by atoms with van der Waals surface area (Å²) in [7, 11) is 0. The van der Waals surface area contributed by atoms with Gasteiger partial charge in [0.25, 0.3) is 5.91 Å². The summed E-state index contributed by atoms with van der Waals surface area (Å²) < 4.78 is 11.3. The molecule has 1 heterocycles. The first-order valence-corrected chi connectivity index (χ1v) is 7.28. The third-order valence-corrected chi connectivity index (χ3v) is 3.10. The van der Waals surface area contributed by atoms with Crippen LogP contribution in [0.2, 0.25) is 0 Å². The Bertz CT molecular complexity index is 563. The van der Waals surface area contributed by atoms with Gasteiger partial charge in [0.1, 0.15) is 5.75 Å². The SMILES string of the molecule is CCCCOc1ccc(NC(=O)c2ccc(Br)o2)cc1. The molecule has 0 atom stereocenters. The van der Waals surface area contributed by atoms with Gasteiger partial charge in [-0.05, 0) is 58.7 Å². The molecule has 0 aliphatic rings. The van der Waals surface area contributed by atoms with Crippen molar-refractivity contribution in [2.75, 3.05) is 11.9 Å². The van der Waals surface area contributed by atoms with Crippen LogP contribution in [-0.2, 0) is 0 Å². The molecule has 0 saturated heterocycles. The van der Waals surface area contributed by atoms with Crippen molar-refractivity contribution < 1.29 is 13.9 Å². The van der Waals surface area contributed by atoms with E-state index in [1.165, 1.54) is 0 Å². The largest absolute Gasteiger partial charge is 0.494 e. The van der Waals surface area contributed by atoms with Gasteiger partial charge >= 0.3 is 0 Å². The van der Waals surface area contributed by atoms with Crippen LogP contribution in [0.1, 0.15) is 30.3 Å². The Morgan fingerprint density at radius 3 is 2.60 bits per heavy atom. The molecule has 1 aromatic heterocycles.